The van der Waals surface area contributed by atoms with Gasteiger partial charge in [0.2, 0.25) is 5.91 Å². The van der Waals surface area contributed by atoms with E-state index >= 15 is 0 Å². The number of nitrogens with one attached hydrogen (secondary N) is 1. The smallest absolute Gasteiger partial charge is 0.257 e. The first kappa shape index (κ1) is 10.8. The number of hydrogen-bond acceptors (Lipinski definition) is 2. The van der Waals surface area contributed by atoms with E-state index < -0.39 is 17.6 Å². The zero-order valence-electron chi connectivity index (χ0n) is 7.30. The van der Waals surface area contributed by atoms with Crippen molar-refractivity contribution in [2.45, 2.75) is 6.92 Å². The van der Waals surface area contributed by atoms with Crippen LogP contribution in [0, 0.1) is 5.82 Å². The molecule has 0 aliphatic heterocycles. The number of imide groups is 1. The lowest BCUT2D eigenvalue weighted by atomic mass is 10.2. The molecule has 0 fully saturated rings. The van der Waals surface area contributed by atoms with Crippen LogP contribution in [0.1, 0.15) is 17.3 Å². The third-order valence-corrected chi connectivity index (χ3v) is 2.08. The molecule has 74 valence electrons. The number of halogens is 2. The zero-order chi connectivity index (χ0) is 10.7. The summed E-state index contributed by atoms with van der Waals surface area (Å²) < 4.78 is 13.0. The van der Waals surface area contributed by atoms with Crippen LogP contribution in [0.4, 0.5) is 4.39 Å². The van der Waals surface area contributed by atoms with E-state index in [2.05, 4.69) is 21.2 Å². The van der Waals surface area contributed by atoms with Crippen molar-refractivity contribution in [2.75, 3.05) is 0 Å². The van der Waals surface area contributed by atoms with E-state index in [9.17, 15) is 14.0 Å². The Bertz CT molecular complexity index is 392. The summed E-state index contributed by atoms with van der Waals surface area (Å²) in [6.07, 6.45) is 0. The largest absolute Gasteiger partial charge is 0.293 e. The first-order valence-electron chi connectivity index (χ1n) is 3.77. The highest BCUT2D eigenvalue weighted by Crippen LogP contribution is 2.16. The van der Waals surface area contributed by atoms with Crippen molar-refractivity contribution in [1.29, 1.82) is 0 Å². The van der Waals surface area contributed by atoms with Gasteiger partial charge in [0.1, 0.15) is 5.82 Å². The predicted octanol–water partition coefficient (Wildman–Crippen LogP) is 1.86. The maximum absolute atomic E-state index is 12.8. The molecule has 1 rings (SSSR count). The minimum absolute atomic E-state index is 0.189. The summed E-state index contributed by atoms with van der Waals surface area (Å²) in [5, 5.41) is 2.08. The molecule has 1 aromatic carbocycles. The van der Waals surface area contributed by atoms with Gasteiger partial charge in [0.25, 0.3) is 5.91 Å². The van der Waals surface area contributed by atoms with Gasteiger partial charge in [0.05, 0.1) is 4.47 Å². The third kappa shape index (κ3) is 2.63. The molecule has 0 aliphatic carbocycles. The first-order chi connectivity index (χ1) is 6.50. The highest BCUT2D eigenvalue weighted by molar-refractivity contribution is 9.10. The number of benzene rings is 1. The summed E-state index contributed by atoms with van der Waals surface area (Å²) in [5.41, 5.74) is 0.230. The van der Waals surface area contributed by atoms with Gasteiger partial charge in [-0.25, -0.2) is 4.39 Å². The first-order valence-corrected chi connectivity index (χ1v) is 4.57. The molecule has 0 unspecified atom stereocenters. The summed E-state index contributed by atoms with van der Waals surface area (Å²) in [4.78, 5) is 21.8. The number of rotatable bonds is 1. The van der Waals surface area contributed by atoms with Crippen LogP contribution in [0.15, 0.2) is 22.7 Å². The van der Waals surface area contributed by atoms with Crippen LogP contribution in [-0.4, -0.2) is 11.8 Å². The molecule has 2 amide bonds. The summed E-state index contributed by atoms with van der Waals surface area (Å²) in [6.45, 7) is 1.23. The molecule has 5 heteroatoms. The fourth-order valence-electron chi connectivity index (χ4n) is 0.869. The summed E-state index contributed by atoms with van der Waals surface area (Å²) in [5.74, 6) is -1.45. The zero-order valence-corrected chi connectivity index (χ0v) is 8.89. The Balaban J connectivity index is 2.91. The highest BCUT2D eigenvalue weighted by Gasteiger charge is 2.09. The van der Waals surface area contributed by atoms with Gasteiger partial charge in [-0.05, 0) is 34.1 Å². The van der Waals surface area contributed by atoms with Crippen molar-refractivity contribution >= 4 is 27.7 Å². The maximum Gasteiger partial charge on any atom is 0.257 e. The van der Waals surface area contributed by atoms with E-state index in [0.717, 1.165) is 6.07 Å². The average Bonchev–Trinajstić information content (AvgIpc) is 2.08. The molecular weight excluding hydrogens is 253 g/mol. The average molecular weight is 260 g/mol. The van der Waals surface area contributed by atoms with Crippen LogP contribution in [0.3, 0.4) is 0 Å². The quantitative estimate of drug-likeness (QED) is 0.837. The van der Waals surface area contributed by atoms with Crippen LogP contribution < -0.4 is 5.32 Å². The summed E-state index contributed by atoms with van der Waals surface area (Å²) in [7, 11) is 0. The fourth-order valence-corrected chi connectivity index (χ4v) is 1.25. The molecule has 0 heterocycles. The van der Waals surface area contributed by atoms with Crippen molar-refractivity contribution in [3.8, 4) is 0 Å². The van der Waals surface area contributed by atoms with Crippen LogP contribution in [0.5, 0.6) is 0 Å². The van der Waals surface area contributed by atoms with Crippen LogP contribution in [0.2, 0.25) is 0 Å². The highest BCUT2D eigenvalue weighted by atomic mass is 79.9. The molecule has 0 saturated heterocycles. The maximum atomic E-state index is 12.8. The molecule has 0 aromatic heterocycles. The van der Waals surface area contributed by atoms with Gasteiger partial charge < -0.3 is 0 Å². The van der Waals surface area contributed by atoms with E-state index in [1.807, 2.05) is 0 Å². The van der Waals surface area contributed by atoms with Gasteiger partial charge in [0, 0.05) is 12.5 Å². The molecule has 0 radical (unpaired) electrons. The number of carbonyl (C=O) groups excluding carboxylic acids is 2. The SMILES string of the molecule is CC(=O)NC(=O)c1ccc(F)c(Br)c1. The molecule has 0 spiro atoms. The number of carbonyl (C=O) groups is 2. The van der Waals surface area contributed by atoms with E-state index in [4.69, 9.17) is 0 Å². The van der Waals surface area contributed by atoms with Crippen LogP contribution >= 0.6 is 15.9 Å². The fraction of sp³-hybridized carbons (Fsp3) is 0.111. The molecular formula is C9H7BrFNO2. The van der Waals surface area contributed by atoms with Gasteiger partial charge in [-0.1, -0.05) is 0 Å². The second-order valence-corrected chi connectivity index (χ2v) is 3.49. The van der Waals surface area contributed by atoms with Crippen molar-refractivity contribution in [2.24, 2.45) is 0 Å². The number of hydrogen-bond donors (Lipinski definition) is 1. The molecule has 3 nitrogen and oxygen atoms in total. The second kappa shape index (κ2) is 4.32. The Labute approximate surface area is 88.4 Å². The normalized spacial score (nSPS) is 9.64. The van der Waals surface area contributed by atoms with E-state index in [1.165, 1.54) is 19.1 Å². The van der Waals surface area contributed by atoms with Gasteiger partial charge in [-0.15, -0.1) is 0 Å². The lowest BCUT2D eigenvalue weighted by Crippen LogP contribution is -2.27. The van der Waals surface area contributed by atoms with Gasteiger partial charge in [0.15, 0.2) is 0 Å². The summed E-state index contributed by atoms with van der Waals surface area (Å²) >= 11 is 2.94. The third-order valence-electron chi connectivity index (χ3n) is 1.47. The monoisotopic (exact) mass is 259 g/mol. The van der Waals surface area contributed by atoms with Gasteiger partial charge in [-0.3, -0.25) is 14.9 Å². The predicted molar refractivity (Wildman–Crippen MR) is 52.2 cm³/mol. The van der Waals surface area contributed by atoms with Crippen LogP contribution in [-0.2, 0) is 4.79 Å². The Morgan fingerprint density at radius 3 is 2.57 bits per heavy atom. The van der Waals surface area contributed by atoms with E-state index in [1.54, 1.807) is 0 Å². The van der Waals surface area contributed by atoms with Crippen molar-refractivity contribution in [3.63, 3.8) is 0 Å². The Morgan fingerprint density at radius 2 is 2.07 bits per heavy atom. The van der Waals surface area contributed by atoms with Crippen molar-refractivity contribution < 1.29 is 14.0 Å². The van der Waals surface area contributed by atoms with E-state index in [-0.39, 0.29) is 10.0 Å². The molecule has 0 bridgehead atoms. The Hall–Kier alpha value is -1.23. The minimum Gasteiger partial charge on any atom is -0.293 e. The van der Waals surface area contributed by atoms with Gasteiger partial charge in [-0.2, -0.15) is 0 Å². The standard InChI is InChI=1S/C9H7BrFNO2/c1-5(13)12-9(14)6-2-3-8(11)7(10)4-6/h2-4H,1H3,(H,12,13,14). The Morgan fingerprint density at radius 1 is 1.43 bits per heavy atom. The lowest BCUT2D eigenvalue weighted by molar-refractivity contribution is -0.118. The van der Waals surface area contributed by atoms with Crippen LogP contribution in [0.25, 0.3) is 0 Å². The topological polar surface area (TPSA) is 46.2 Å². The minimum atomic E-state index is -0.543. The molecule has 1 N–H and O–H groups in total. The van der Waals surface area contributed by atoms with Crippen molar-refractivity contribution in [1.82, 2.24) is 5.32 Å². The number of amides is 2. The van der Waals surface area contributed by atoms with Gasteiger partial charge >= 0.3 is 0 Å². The molecule has 0 saturated carbocycles. The lowest BCUT2D eigenvalue weighted by Gasteiger charge is -2.01. The summed E-state index contributed by atoms with van der Waals surface area (Å²) in [6, 6.07) is 3.77. The Kier molecular flexibility index (Phi) is 3.35. The van der Waals surface area contributed by atoms with E-state index in [0.29, 0.717) is 0 Å². The van der Waals surface area contributed by atoms with Crippen molar-refractivity contribution in [3.05, 3.63) is 34.1 Å². The second-order valence-electron chi connectivity index (χ2n) is 2.64. The molecule has 0 atom stereocenters. The molecule has 0 aliphatic rings. The molecule has 14 heavy (non-hydrogen) atoms. The molecule has 1 aromatic rings.